The van der Waals surface area contributed by atoms with Crippen molar-refractivity contribution in [3.05, 3.63) is 45.6 Å². The quantitative estimate of drug-likeness (QED) is 0.744. The summed E-state index contributed by atoms with van der Waals surface area (Å²) in [5.74, 6) is -0.735. The highest BCUT2D eigenvalue weighted by Crippen LogP contribution is 2.33. The number of thiophene rings is 1. The first-order chi connectivity index (χ1) is 9.65. The van der Waals surface area contributed by atoms with Crippen LogP contribution >= 0.6 is 11.3 Å². The van der Waals surface area contributed by atoms with Crippen molar-refractivity contribution in [3.8, 4) is 11.5 Å². The van der Waals surface area contributed by atoms with Crippen molar-refractivity contribution >= 4 is 17.2 Å². The Bertz CT molecular complexity index is 650. The third-order valence-electron chi connectivity index (χ3n) is 3.59. The predicted octanol–water partition coefficient (Wildman–Crippen LogP) is 2.97. The van der Waals surface area contributed by atoms with E-state index >= 15 is 0 Å². The molecule has 1 aliphatic carbocycles. The van der Waals surface area contributed by atoms with Crippen molar-refractivity contribution in [3.63, 3.8) is 0 Å². The molecular weight excluding hydrogens is 274 g/mol. The number of nitrogens with one attached hydrogen (secondary N) is 1. The summed E-state index contributed by atoms with van der Waals surface area (Å²) in [6.07, 6.45) is 3.08. The van der Waals surface area contributed by atoms with Gasteiger partial charge in [-0.25, -0.2) is 0 Å². The molecule has 5 heteroatoms. The van der Waals surface area contributed by atoms with Crippen LogP contribution in [0.1, 0.15) is 39.7 Å². The number of amides is 1. The van der Waals surface area contributed by atoms with Crippen molar-refractivity contribution < 1.29 is 15.0 Å². The van der Waals surface area contributed by atoms with Crippen LogP contribution in [0.25, 0.3) is 0 Å². The van der Waals surface area contributed by atoms with Crippen molar-refractivity contribution in [2.45, 2.75) is 25.3 Å². The summed E-state index contributed by atoms with van der Waals surface area (Å²) in [7, 11) is 0. The lowest BCUT2D eigenvalue weighted by Crippen LogP contribution is -2.30. The number of carbonyl (C=O) groups excluding carboxylic acids is 1. The minimum atomic E-state index is -0.280. The summed E-state index contributed by atoms with van der Waals surface area (Å²) in [5.41, 5.74) is 1.56. The maximum atomic E-state index is 12.2. The molecule has 1 heterocycles. The maximum absolute atomic E-state index is 12.2. The zero-order valence-corrected chi connectivity index (χ0v) is 11.6. The number of fused-ring (bicyclic) bond motifs is 1. The second kappa shape index (κ2) is 5.17. The molecule has 0 aliphatic heterocycles. The van der Waals surface area contributed by atoms with Gasteiger partial charge < -0.3 is 15.5 Å². The van der Waals surface area contributed by atoms with Crippen LogP contribution in [0.15, 0.2) is 29.6 Å². The zero-order valence-electron chi connectivity index (χ0n) is 10.8. The molecule has 0 radical (unpaired) electrons. The van der Waals surface area contributed by atoms with Gasteiger partial charge in [-0.1, -0.05) is 0 Å². The molecule has 1 atom stereocenters. The highest BCUT2D eigenvalue weighted by molar-refractivity contribution is 7.10. The average molecular weight is 289 g/mol. The molecule has 1 unspecified atom stereocenters. The fraction of sp³-hybridized carbons (Fsp3) is 0.267. The number of benzene rings is 1. The Morgan fingerprint density at radius 1 is 1.25 bits per heavy atom. The largest absolute Gasteiger partial charge is 0.504 e. The second-order valence-corrected chi connectivity index (χ2v) is 5.92. The van der Waals surface area contributed by atoms with Crippen LogP contribution in [-0.2, 0) is 6.42 Å². The van der Waals surface area contributed by atoms with E-state index in [-0.39, 0.29) is 23.4 Å². The normalized spacial score (nSPS) is 17.5. The molecule has 0 saturated heterocycles. The van der Waals surface area contributed by atoms with Gasteiger partial charge in [0.25, 0.3) is 5.91 Å². The van der Waals surface area contributed by atoms with Gasteiger partial charge in [0.15, 0.2) is 11.5 Å². The number of phenolic OH excluding ortho intramolecular Hbond substituents is 2. The number of hydrogen-bond acceptors (Lipinski definition) is 4. The molecule has 1 aromatic carbocycles. The molecule has 4 nitrogen and oxygen atoms in total. The molecule has 0 spiro atoms. The Labute approximate surface area is 120 Å². The highest BCUT2D eigenvalue weighted by Gasteiger charge is 2.23. The third kappa shape index (κ3) is 2.36. The van der Waals surface area contributed by atoms with Crippen molar-refractivity contribution in [2.75, 3.05) is 0 Å². The number of phenols is 2. The number of hydrogen-bond donors (Lipinski definition) is 3. The van der Waals surface area contributed by atoms with Crippen LogP contribution in [0.4, 0.5) is 0 Å². The Morgan fingerprint density at radius 2 is 2.10 bits per heavy atom. The topological polar surface area (TPSA) is 69.6 Å². The smallest absolute Gasteiger partial charge is 0.251 e. The van der Waals surface area contributed by atoms with Crippen molar-refractivity contribution in [1.29, 1.82) is 0 Å². The van der Waals surface area contributed by atoms with Crippen LogP contribution in [0, 0.1) is 0 Å². The highest BCUT2D eigenvalue weighted by atomic mass is 32.1. The lowest BCUT2D eigenvalue weighted by molar-refractivity contribution is 0.0932. The molecule has 1 aromatic heterocycles. The molecule has 0 saturated carbocycles. The minimum absolute atomic E-state index is 0.0356. The monoisotopic (exact) mass is 289 g/mol. The van der Waals surface area contributed by atoms with E-state index in [0.717, 1.165) is 19.3 Å². The van der Waals surface area contributed by atoms with Crippen molar-refractivity contribution in [1.82, 2.24) is 5.32 Å². The third-order valence-corrected chi connectivity index (χ3v) is 4.59. The molecule has 104 valence electrons. The van der Waals surface area contributed by atoms with Gasteiger partial charge in [-0.05, 0) is 54.5 Å². The van der Waals surface area contributed by atoms with E-state index in [9.17, 15) is 15.0 Å². The Hall–Kier alpha value is -2.01. The van der Waals surface area contributed by atoms with E-state index in [1.54, 1.807) is 11.3 Å². The van der Waals surface area contributed by atoms with Gasteiger partial charge in [0.05, 0.1) is 6.04 Å². The van der Waals surface area contributed by atoms with Gasteiger partial charge in [0.1, 0.15) is 0 Å². The van der Waals surface area contributed by atoms with E-state index in [1.807, 2.05) is 0 Å². The van der Waals surface area contributed by atoms with Crippen LogP contribution in [-0.4, -0.2) is 16.1 Å². The zero-order chi connectivity index (χ0) is 14.1. The van der Waals surface area contributed by atoms with Gasteiger partial charge in [-0.2, -0.15) is 0 Å². The molecule has 1 aliphatic rings. The van der Waals surface area contributed by atoms with Crippen LogP contribution in [0.3, 0.4) is 0 Å². The Morgan fingerprint density at radius 3 is 2.90 bits per heavy atom. The molecule has 3 rings (SSSR count). The Kier molecular flexibility index (Phi) is 3.36. The average Bonchev–Trinajstić information content (AvgIpc) is 2.91. The Balaban J connectivity index is 1.79. The first kappa shape index (κ1) is 13.0. The lowest BCUT2D eigenvalue weighted by atomic mass is 9.94. The van der Waals surface area contributed by atoms with E-state index in [2.05, 4.69) is 16.8 Å². The summed E-state index contributed by atoms with van der Waals surface area (Å²) in [4.78, 5) is 13.6. The summed E-state index contributed by atoms with van der Waals surface area (Å²) < 4.78 is 0. The predicted molar refractivity (Wildman–Crippen MR) is 77.2 cm³/mol. The van der Waals surface area contributed by atoms with Crippen LogP contribution in [0.2, 0.25) is 0 Å². The standard InChI is InChI=1S/C15H15NO3S/c17-12-5-4-9(8-13(12)18)15(19)16-11-2-1-3-14-10(11)6-7-20-14/h4-8,11,17-18H,1-3H2,(H,16,19). The fourth-order valence-corrected chi connectivity index (χ4v) is 3.53. The van der Waals surface area contributed by atoms with Gasteiger partial charge in [-0.15, -0.1) is 11.3 Å². The second-order valence-electron chi connectivity index (χ2n) is 4.92. The van der Waals surface area contributed by atoms with E-state index in [4.69, 9.17) is 0 Å². The maximum Gasteiger partial charge on any atom is 0.251 e. The summed E-state index contributed by atoms with van der Waals surface area (Å²) in [5, 5.41) is 23.8. The van der Waals surface area contributed by atoms with Crippen LogP contribution in [0.5, 0.6) is 11.5 Å². The van der Waals surface area contributed by atoms with Gasteiger partial charge >= 0.3 is 0 Å². The molecule has 20 heavy (non-hydrogen) atoms. The van der Waals surface area contributed by atoms with E-state index in [0.29, 0.717) is 5.56 Å². The summed E-state index contributed by atoms with van der Waals surface area (Å²) in [6.45, 7) is 0. The van der Waals surface area contributed by atoms with Gasteiger partial charge in [0, 0.05) is 10.4 Å². The van der Waals surface area contributed by atoms with E-state index in [1.165, 1.54) is 28.6 Å². The SMILES string of the molecule is O=C(NC1CCCc2sccc21)c1ccc(O)c(O)c1. The first-order valence-electron chi connectivity index (χ1n) is 6.54. The molecule has 2 aromatic rings. The number of carbonyl (C=O) groups is 1. The van der Waals surface area contributed by atoms with Gasteiger partial charge in [0.2, 0.25) is 0 Å². The first-order valence-corrected chi connectivity index (χ1v) is 7.42. The molecular formula is C15H15NO3S. The molecule has 3 N–H and O–H groups in total. The van der Waals surface area contributed by atoms with E-state index < -0.39 is 0 Å². The van der Waals surface area contributed by atoms with Crippen LogP contribution < -0.4 is 5.32 Å². The van der Waals surface area contributed by atoms with Gasteiger partial charge in [-0.3, -0.25) is 4.79 Å². The molecule has 0 fully saturated rings. The summed E-state index contributed by atoms with van der Waals surface area (Å²) in [6, 6.07) is 6.21. The van der Waals surface area contributed by atoms with Crippen molar-refractivity contribution in [2.24, 2.45) is 0 Å². The summed E-state index contributed by atoms with van der Waals surface area (Å²) >= 11 is 1.73. The molecule has 0 bridgehead atoms. The minimum Gasteiger partial charge on any atom is -0.504 e. The number of aromatic hydroxyl groups is 2. The number of rotatable bonds is 2. The molecule has 1 amide bonds. The number of aryl methyl sites for hydroxylation is 1. The lowest BCUT2D eigenvalue weighted by Gasteiger charge is -2.23. The fourth-order valence-electron chi connectivity index (χ4n) is 2.54.